The van der Waals surface area contributed by atoms with Gasteiger partial charge in [-0.05, 0) is 63.1 Å². The molecule has 1 aliphatic heterocycles. The largest absolute Gasteiger partial charge is 0.243 e. The number of hydrogen-bond donors (Lipinski definition) is 0. The van der Waals surface area contributed by atoms with Gasteiger partial charge in [-0.25, -0.2) is 0 Å². The van der Waals surface area contributed by atoms with Crippen molar-refractivity contribution in [3.05, 3.63) is 89.5 Å². The summed E-state index contributed by atoms with van der Waals surface area (Å²) in [5, 5.41) is 2.78. The predicted octanol–water partition coefficient (Wildman–Crippen LogP) is 7.92. The third kappa shape index (κ3) is 3.49. The SMILES string of the molecule is CC(C)c1cc(C(C)C)c(B2c3ccccc3-c3cc4sc5ccccc5c4cc32)c(C(C)C)c1. The molecule has 0 aliphatic carbocycles. The van der Waals surface area contributed by atoms with Crippen molar-refractivity contribution in [2.75, 3.05) is 0 Å². The lowest BCUT2D eigenvalue weighted by atomic mass is 9.36. The van der Waals surface area contributed by atoms with E-state index in [2.05, 4.69) is 114 Å². The van der Waals surface area contributed by atoms with E-state index in [1.165, 1.54) is 58.9 Å². The van der Waals surface area contributed by atoms with Crippen LogP contribution >= 0.6 is 11.3 Å². The van der Waals surface area contributed by atoms with Crippen molar-refractivity contribution in [3.8, 4) is 11.1 Å². The molecule has 35 heavy (non-hydrogen) atoms. The van der Waals surface area contributed by atoms with Crippen LogP contribution in [0.3, 0.4) is 0 Å². The minimum absolute atomic E-state index is 0.278. The van der Waals surface area contributed by atoms with Crippen molar-refractivity contribution in [1.29, 1.82) is 0 Å². The Balaban J connectivity index is 1.71. The van der Waals surface area contributed by atoms with Gasteiger partial charge in [0.1, 0.15) is 0 Å². The van der Waals surface area contributed by atoms with Crippen LogP contribution in [0.25, 0.3) is 31.3 Å². The van der Waals surface area contributed by atoms with Gasteiger partial charge in [-0.15, -0.1) is 11.3 Å². The molecule has 174 valence electrons. The van der Waals surface area contributed by atoms with Gasteiger partial charge in [0.25, 0.3) is 0 Å². The summed E-state index contributed by atoms with van der Waals surface area (Å²) in [6.45, 7) is 14.4. The van der Waals surface area contributed by atoms with Crippen LogP contribution in [0, 0.1) is 0 Å². The summed E-state index contributed by atoms with van der Waals surface area (Å²) in [5.41, 5.74) is 11.8. The van der Waals surface area contributed by atoms with Gasteiger partial charge in [0.05, 0.1) is 0 Å². The molecular formula is C33H33BS. The first-order valence-electron chi connectivity index (χ1n) is 13.1. The molecule has 0 saturated heterocycles. The van der Waals surface area contributed by atoms with E-state index in [0.29, 0.717) is 17.8 Å². The maximum absolute atomic E-state index is 2.53. The van der Waals surface area contributed by atoms with E-state index in [9.17, 15) is 0 Å². The van der Waals surface area contributed by atoms with Gasteiger partial charge in [0.15, 0.2) is 0 Å². The molecule has 0 unspecified atom stereocenters. The van der Waals surface area contributed by atoms with Crippen LogP contribution < -0.4 is 16.4 Å². The molecule has 0 fully saturated rings. The van der Waals surface area contributed by atoms with E-state index in [-0.39, 0.29) is 6.71 Å². The summed E-state index contributed by atoms with van der Waals surface area (Å²) in [6.07, 6.45) is 0. The number of rotatable bonds is 4. The Hall–Kier alpha value is -2.84. The van der Waals surface area contributed by atoms with Gasteiger partial charge in [0.2, 0.25) is 6.71 Å². The van der Waals surface area contributed by atoms with Crippen LogP contribution in [0.1, 0.15) is 76.0 Å². The molecule has 0 bridgehead atoms. The quantitative estimate of drug-likeness (QED) is 0.229. The number of fused-ring (bicyclic) bond motifs is 6. The molecule has 5 aromatic rings. The molecular weight excluding hydrogens is 439 g/mol. The highest BCUT2D eigenvalue weighted by molar-refractivity contribution is 7.26. The molecule has 0 saturated carbocycles. The van der Waals surface area contributed by atoms with Gasteiger partial charge in [-0.2, -0.15) is 0 Å². The van der Waals surface area contributed by atoms with Crippen molar-refractivity contribution in [1.82, 2.24) is 0 Å². The topological polar surface area (TPSA) is 0 Å². The fourth-order valence-electron chi connectivity index (χ4n) is 6.08. The highest BCUT2D eigenvalue weighted by Gasteiger charge is 2.37. The van der Waals surface area contributed by atoms with Gasteiger partial charge in [-0.3, -0.25) is 0 Å². The van der Waals surface area contributed by atoms with E-state index >= 15 is 0 Å². The van der Waals surface area contributed by atoms with E-state index in [0.717, 1.165) is 0 Å². The molecule has 1 aliphatic rings. The van der Waals surface area contributed by atoms with Crippen LogP contribution in [-0.4, -0.2) is 6.71 Å². The van der Waals surface area contributed by atoms with Crippen LogP contribution in [-0.2, 0) is 0 Å². The monoisotopic (exact) mass is 472 g/mol. The summed E-state index contributed by atoms with van der Waals surface area (Å²) >= 11 is 1.92. The average Bonchev–Trinajstić information content (AvgIpc) is 3.36. The number of thiophene rings is 1. The fourth-order valence-corrected chi connectivity index (χ4v) is 7.20. The molecule has 0 spiro atoms. The fraction of sp³-hybridized carbons (Fsp3) is 0.273. The number of hydrogen-bond acceptors (Lipinski definition) is 1. The Bertz CT molecular complexity index is 1560. The zero-order valence-corrected chi connectivity index (χ0v) is 22.5. The third-order valence-corrected chi connectivity index (χ3v) is 9.02. The molecule has 0 nitrogen and oxygen atoms in total. The zero-order valence-electron chi connectivity index (χ0n) is 21.6. The minimum Gasteiger partial charge on any atom is -0.135 e. The van der Waals surface area contributed by atoms with Gasteiger partial charge >= 0.3 is 0 Å². The maximum atomic E-state index is 2.53. The smallest absolute Gasteiger partial charge is 0.135 e. The first-order chi connectivity index (χ1) is 16.8. The second-order valence-electron chi connectivity index (χ2n) is 11.1. The summed E-state index contributed by atoms with van der Waals surface area (Å²) in [4.78, 5) is 0. The molecule has 2 heteroatoms. The lowest BCUT2D eigenvalue weighted by molar-refractivity contribution is 0.812. The van der Waals surface area contributed by atoms with Crippen molar-refractivity contribution < 1.29 is 0 Å². The Morgan fingerprint density at radius 2 is 1.23 bits per heavy atom. The Kier molecular flexibility index (Phi) is 5.42. The van der Waals surface area contributed by atoms with Crippen LogP contribution in [0.4, 0.5) is 0 Å². The van der Waals surface area contributed by atoms with Gasteiger partial charge in [0, 0.05) is 14.8 Å². The molecule has 0 radical (unpaired) electrons. The zero-order chi connectivity index (χ0) is 24.4. The van der Waals surface area contributed by atoms with Crippen LogP contribution in [0.2, 0.25) is 0 Å². The van der Waals surface area contributed by atoms with E-state index in [1.807, 2.05) is 11.3 Å². The lowest BCUT2D eigenvalue weighted by Crippen LogP contribution is -2.52. The van der Waals surface area contributed by atoms with Crippen molar-refractivity contribution in [2.24, 2.45) is 0 Å². The molecule has 2 heterocycles. The molecule has 0 N–H and O–H groups in total. The lowest BCUT2D eigenvalue weighted by Gasteiger charge is -2.26. The molecule has 0 amide bonds. The average molecular weight is 473 g/mol. The highest BCUT2D eigenvalue weighted by atomic mass is 32.1. The third-order valence-electron chi connectivity index (χ3n) is 7.89. The van der Waals surface area contributed by atoms with E-state index < -0.39 is 0 Å². The second-order valence-corrected chi connectivity index (χ2v) is 12.2. The summed E-state index contributed by atoms with van der Waals surface area (Å²) in [6, 6.07) is 28.0. The highest BCUT2D eigenvalue weighted by Crippen LogP contribution is 2.37. The molecule has 6 rings (SSSR count). The van der Waals surface area contributed by atoms with Crippen LogP contribution in [0.15, 0.2) is 72.8 Å². The van der Waals surface area contributed by atoms with Crippen molar-refractivity contribution in [2.45, 2.75) is 59.3 Å². The summed E-state index contributed by atoms with van der Waals surface area (Å²) < 4.78 is 2.77. The predicted molar refractivity (Wildman–Crippen MR) is 158 cm³/mol. The minimum atomic E-state index is 0.278. The van der Waals surface area contributed by atoms with Gasteiger partial charge < -0.3 is 0 Å². The van der Waals surface area contributed by atoms with Crippen LogP contribution in [0.5, 0.6) is 0 Å². The molecule has 4 aromatic carbocycles. The number of benzene rings is 4. The first-order valence-corrected chi connectivity index (χ1v) is 13.9. The van der Waals surface area contributed by atoms with E-state index in [4.69, 9.17) is 0 Å². The van der Waals surface area contributed by atoms with Crippen molar-refractivity contribution in [3.63, 3.8) is 0 Å². The summed E-state index contributed by atoms with van der Waals surface area (Å²) in [5.74, 6) is 1.48. The standard InChI is InChI=1S/C33H33BS/c1-19(2)22-15-25(20(3)4)33(26(16-22)21(5)6)34-29-13-9-7-11-23(29)27-18-32-28(17-30(27)34)24-12-8-10-14-31(24)35-32/h7-21H,1-6H3. The van der Waals surface area contributed by atoms with Crippen molar-refractivity contribution >= 4 is 54.6 Å². The summed E-state index contributed by atoms with van der Waals surface area (Å²) in [7, 11) is 0. The van der Waals surface area contributed by atoms with E-state index in [1.54, 1.807) is 5.46 Å². The first kappa shape index (κ1) is 22.6. The van der Waals surface area contributed by atoms with Gasteiger partial charge in [-0.1, -0.05) is 119 Å². The Labute approximate surface area is 214 Å². The molecule has 1 aromatic heterocycles. The second kappa shape index (κ2) is 8.38. The Morgan fingerprint density at radius 3 is 1.91 bits per heavy atom. The Morgan fingerprint density at radius 1 is 0.571 bits per heavy atom. The molecule has 0 atom stereocenters. The maximum Gasteiger partial charge on any atom is 0.243 e. The normalized spacial score (nSPS) is 13.0.